The van der Waals surface area contributed by atoms with E-state index in [0.717, 1.165) is 43.2 Å². The highest BCUT2D eigenvalue weighted by Gasteiger charge is 2.34. The molecule has 0 aliphatic heterocycles. The Morgan fingerprint density at radius 3 is 2.15 bits per heavy atom. The lowest BCUT2D eigenvalue weighted by Crippen LogP contribution is -2.50. The summed E-state index contributed by atoms with van der Waals surface area (Å²) < 4.78 is 5.51. The van der Waals surface area contributed by atoms with E-state index in [1.807, 2.05) is 24.3 Å². The number of carbonyl (C=O) groups excluding carboxylic acids is 2. The molecule has 0 unspecified atom stereocenters. The minimum atomic E-state index is -0.851. The Morgan fingerprint density at radius 1 is 0.912 bits per heavy atom. The zero-order valence-corrected chi connectivity index (χ0v) is 19.3. The molecular weight excluding hydrogens is 432 g/mol. The number of benzene rings is 2. The molecule has 2 aromatic carbocycles. The molecule has 0 aromatic heterocycles. The van der Waals surface area contributed by atoms with Crippen molar-refractivity contribution >= 4 is 18.0 Å². The number of rotatable bonds is 9. The molecule has 7 heteroatoms. The number of carboxylic acid groups (broad SMARTS) is 1. The second-order valence-corrected chi connectivity index (χ2v) is 9.29. The van der Waals surface area contributed by atoms with Crippen LogP contribution in [-0.2, 0) is 14.3 Å². The third-order valence-corrected chi connectivity index (χ3v) is 7.00. The Labute approximate surface area is 199 Å². The second kappa shape index (κ2) is 10.7. The summed E-state index contributed by atoms with van der Waals surface area (Å²) in [5.74, 6) is -1.04. The molecule has 0 bridgehead atoms. The number of hydrogen-bond donors (Lipinski definition) is 3. The molecule has 2 aromatic rings. The quantitative estimate of drug-likeness (QED) is 0.503. The fraction of sp³-hybridized carbons (Fsp3) is 0.444. The third-order valence-electron chi connectivity index (χ3n) is 7.00. The first-order valence-electron chi connectivity index (χ1n) is 12.1. The van der Waals surface area contributed by atoms with Gasteiger partial charge in [-0.05, 0) is 41.5 Å². The Balaban J connectivity index is 1.25. The van der Waals surface area contributed by atoms with Crippen molar-refractivity contribution in [3.05, 3.63) is 59.7 Å². The second-order valence-electron chi connectivity index (χ2n) is 9.29. The van der Waals surface area contributed by atoms with Crippen LogP contribution in [0.4, 0.5) is 4.79 Å². The van der Waals surface area contributed by atoms with Gasteiger partial charge in [-0.25, -0.2) is 4.79 Å². The molecule has 0 heterocycles. The maximum absolute atomic E-state index is 12.5. The van der Waals surface area contributed by atoms with Crippen LogP contribution < -0.4 is 10.6 Å². The van der Waals surface area contributed by atoms with Gasteiger partial charge in [0, 0.05) is 30.8 Å². The van der Waals surface area contributed by atoms with Crippen LogP contribution in [0.2, 0.25) is 0 Å². The molecule has 1 saturated carbocycles. The largest absolute Gasteiger partial charge is 0.481 e. The summed E-state index contributed by atoms with van der Waals surface area (Å²) in [6.45, 7) is 0.391. The van der Waals surface area contributed by atoms with Gasteiger partial charge in [0.05, 0.1) is 0 Å². The molecule has 0 spiro atoms. The standard InChI is InChI=1S/C27H32N2O5/c30-24(29-27(16-12-25(31)32)14-6-1-7-15-27)13-17-28-26(33)34-18-23-21-10-4-2-8-19(21)20-9-3-5-11-22(20)23/h2-5,8-11,23H,1,6-7,12-18H2,(H,28,33)(H,29,30)(H,31,32). The van der Waals surface area contributed by atoms with Gasteiger partial charge >= 0.3 is 12.1 Å². The van der Waals surface area contributed by atoms with E-state index in [1.165, 1.54) is 11.1 Å². The summed E-state index contributed by atoms with van der Waals surface area (Å²) in [7, 11) is 0. The Hall–Kier alpha value is -3.35. The number of fused-ring (bicyclic) bond motifs is 3. The van der Waals surface area contributed by atoms with E-state index in [-0.39, 0.29) is 37.8 Å². The number of ether oxygens (including phenoxy) is 1. The maximum Gasteiger partial charge on any atom is 0.407 e. The molecule has 4 rings (SSSR count). The number of amides is 2. The molecule has 2 amide bonds. The van der Waals surface area contributed by atoms with Crippen molar-refractivity contribution in [2.45, 2.75) is 62.8 Å². The number of hydrogen-bond acceptors (Lipinski definition) is 4. The highest BCUT2D eigenvalue weighted by molar-refractivity contribution is 5.79. The molecule has 0 saturated heterocycles. The average molecular weight is 465 g/mol. The van der Waals surface area contributed by atoms with Gasteiger partial charge in [-0.2, -0.15) is 0 Å². The molecule has 34 heavy (non-hydrogen) atoms. The van der Waals surface area contributed by atoms with Crippen LogP contribution in [0, 0.1) is 0 Å². The fourth-order valence-electron chi connectivity index (χ4n) is 5.30. The summed E-state index contributed by atoms with van der Waals surface area (Å²) in [5, 5.41) is 14.8. The van der Waals surface area contributed by atoms with Gasteiger partial charge in [0.25, 0.3) is 0 Å². The number of nitrogens with one attached hydrogen (secondary N) is 2. The predicted octanol–water partition coefficient (Wildman–Crippen LogP) is 4.60. The lowest BCUT2D eigenvalue weighted by molar-refractivity contribution is -0.138. The Kier molecular flexibility index (Phi) is 7.50. The molecule has 3 N–H and O–H groups in total. The van der Waals surface area contributed by atoms with E-state index in [0.29, 0.717) is 6.42 Å². The first-order valence-corrected chi connectivity index (χ1v) is 12.1. The summed E-state index contributed by atoms with van der Waals surface area (Å²) in [4.78, 5) is 35.9. The van der Waals surface area contributed by atoms with Crippen molar-refractivity contribution in [1.29, 1.82) is 0 Å². The van der Waals surface area contributed by atoms with E-state index in [4.69, 9.17) is 9.84 Å². The molecule has 1 fully saturated rings. The summed E-state index contributed by atoms with van der Waals surface area (Å²) >= 11 is 0. The van der Waals surface area contributed by atoms with Gasteiger partial charge in [-0.3, -0.25) is 9.59 Å². The van der Waals surface area contributed by atoms with Crippen molar-refractivity contribution in [2.75, 3.05) is 13.2 Å². The molecule has 180 valence electrons. The Morgan fingerprint density at radius 2 is 1.53 bits per heavy atom. The van der Waals surface area contributed by atoms with Gasteiger partial charge < -0.3 is 20.5 Å². The molecule has 0 atom stereocenters. The molecule has 7 nitrogen and oxygen atoms in total. The van der Waals surface area contributed by atoms with Crippen LogP contribution >= 0.6 is 0 Å². The Bertz CT molecular complexity index is 999. The van der Waals surface area contributed by atoms with Gasteiger partial charge in [0.2, 0.25) is 5.91 Å². The highest BCUT2D eigenvalue weighted by Crippen LogP contribution is 2.44. The predicted molar refractivity (Wildman–Crippen MR) is 129 cm³/mol. The molecule has 2 aliphatic carbocycles. The SMILES string of the molecule is O=C(O)CCC1(NC(=O)CCNC(=O)OCC2c3ccccc3-c3ccccc32)CCCCC1. The van der Waals surface area contributed by atoms with Gasteiger partial charge in [0.1, 0.15) is 6.61 Å². The third kappa shape index (κ3) is 5.58. The fourth-order valence-corrected chi connectivity index (χ4v) is 5.30. The molecule has 0 radical (unpaired) electrons. The maximum atomic E-state index is 12.5. The molecule has 2 aliphatic rings. The number of carboxylic acids is 1. The van der Waals surface area contributed by atoms with E-state index >= 15 is 0 Å². The number of alkyl carbamates (subject to hydrolysis) is 1. The van der Waals surface area contributed by atoms with Gasteiger partial charge in [-0.15, -0.1) is 0 Å². The smallest absolute Gasteiger partial charge is 0.407 e. The van der Waals surface area contributed by atoms with Crippen LogP contribution in [0.5, 0.6) is 0 Å². The van der Waals surface area contributed by atoms with Crippen molar-refractivity contribution in [3.8, 4) is 11.1 Å². The van der Waals surface area contributed by atoms with E-state index < -0.39 is 17.6 Å². The van der Waals surface area contributed by atoms with E-state index in [2.05, 4.69) is 34.9 Å². The lowest BCUT2D eigenvalue weighted by Gasteiger charge is -2.38. The average Bonchev–Trinajstić information content (AvgIpc) is 3.16. The topological polar surface area (TPSA) is 105 Å². The minimum Gasteiger partial charge on any atom is -0.481 e. The first-order chi connectivity index (χ1) is 16.5. The normalized spacial score (nSPS) is 16.2. The number of carbonyl (C=O) groups is 3. The minimum absolute atomic E-state index is 0.0122. The van der Waals surface area contributed by atoms with Crippen molar-refractivity contribution < 1.29 is 24.2 Å². The van der Waals surface area contributed by atoms with Crippen LogP contribution in [0.25, 0.3) is 11.1 Å². The lowest BCUT2D eigenvalue weighted by atomic mass is 9.78. The van der Waals surface area contributed by atoms with Gasteiger partial charge in [0.15, 0.2) is 0 Å². The van der Waals surface area contributed by atoms with Crippen LogP contribution in [0.3, 0.4) is 0 Å². The summed E-state index contributed by atoms with van der Waals surface area (Å²) in [5.41, 5.74) is 4.19. The van der Waals surface area contributed by atoms with Crippen molar-refractivity contribution in [2.24, 2.45) is 0 Å². The van der Waals surface area contributed by atoms with Crippen molar-refractivity contribution in [3.63, 3.8) is 0 Å². The summed E-state index contributed by atoms with van der Waals surface area (Å²) in [6, 6.07) is 16.3. The molecular formula is C27H32N2O5. The first kappa shape index (κ1) is 23.8. The van der Waals surface area contributed by atoms with E-state index in [9.17, 15) is 14.4 Å². The van der Waals surface area contributed by atoms with E-state index in [1.54, 1.807) is 0 Å². The van der Waals surface area contributed by atoms with Crippen molar-refractivity contribution in [1.82, 2.24) is 10.6 Å². The monoisotopic (exact) mass is 464 g/mol. The van der Waals surface area contributed by atoms with Crippen LogP contribution in [0.1, 0.15) is 68.4 Å². The highest BCUT2D eigenvalue weighted by atomic mass is 16.5. The van der Waals surface area contributed by atoms with Gasteiger partial charge in [-0.1, -0.05) is 67.8 Å². The summed E-state index contributed by atoms with van der Waals surface area (Å²) in [6.07, 6.45) is 4.72. The number of aliphatic carboxylic acids is 1. The van der Waals surface area contributed by atoms with Crippen LogP contribution in [-0.4, -0.2) is 41.8 Å². The zero-order chi connectivity index (χ0) is 24.0. The zero-order valence-electron chi connectivity index (χ0n) is 19.3. The van der Waals surface area contributed by atoms with Crippen LogP contribution in [0.15, 0.2) is 48.5 Å².